The Labute approximate surface area is 123 Å². The van der Waals surface area contributed by atoms with E-state index in [9.17, 15) is 0 Å². The minimum Gasteiger partial charge on any atom is -0.335 e. The van der Waals surface area contributed by atoms with Crippen molar-refractivity contribution < 1.29 is 0 Å². The van der Waals surface area contributed by atoms with E-state index in [0.717, 1.165) is 25.3 Å². The monoisotopic (exact) mass is 278 g/mol. The second kappa shape index (κ2) is 7.79. The molecule has 0 saturated heterocycles. The molecular weight excluding hydrogens is 248 g/mol. The van der Waals surface area contributed by atoms with Crippen molar-refractivity contribution in [1.29, 1.82) is 0 Å². The third kappa shape index (κ3) is 3.83. The minimum absolute atomic E-state index is 0.363. The van der Waals surface area contributed by atoms with Crippen LogP contribution in [-0.4, -0.2) is 15.6 Å². The van der Waals surface area contributed by atoms with E-state index in [4.69, 9.17) is 5.84 Å². The highest BCUT2D eigenvalue weighted by molar-refractivity contribution is 4.97. The predicted molar refractivity (Wildman–Crippen MR) is 83.1 cm³/mol. The van der Waals surface area contributed by atoms with Gasteiger partial charge in [-0.2, -0.15) is 0 Å². The van der Waals surface area contributed by atoms with E-state index in [-0.39, 0.29) is 0 Å². The molecule has 20 heavy (non-hydrogen) atoms. The van der Waals surface area contributed by atoms with E-state index in [1.54, 1.807) is 0 Å². The van der Waals surface area contributed by atoms with Gasteiger partial charge in [0, 0.05) is 31.4 Å². The lowest BCUT2D eigenvalue weighted by molar-refractivity contribution is 0.206. The van der Waals surface area contributed by atoms with Gasteiger partial charge in [0.2, 0.25) is 0 Å². The zero-order valence-corrected chi connectivity index (χ0v) is 13.0. The molecule has 1 aromatic rings. The summed E-state index contributed by atoms with van der Waals surface area (Å²) in [6, 6.07) is 0.363. The van der Waals surface area contributed by atoms with Gasteiger partial charge in [-0.05, 0) is 31.1 Å². The Morgan fingerprint density at radius 3 is 3.00 bits per heavy atom. The summed E-state index contributed by atoms with van der Waals surface area (Å²) in [6.45, 7) is 5.57. The van der Waals surface area contributed by atoms with Gasteiger partial charge < -0.3 is 4.57 Å². The molecule has 1 aliphatic carbocycles. The van der Waals surface area contributed by atoms with Crippen LogP contribution in [0.3, 0.4) is 0 Å². The van der Waals surface area contributed by atoms with E-state index in [0.29, 0.717) is 12.0 Å². The molecule has 0 aliphatic heterocycles. The molecule has 0 bridgehead atoms. The summed E-state index contributed by atoms with van der Waals surface area (Å²) in [5.74, 6) is 8.61. The number of aryl methyl sites for hydroxylation is 1. The fraction of sp³-hybridized carbons (Fsp3) is 0.812. The molecule has 1 aliphatic rings. The molecular formula is C16H30N4. The molecule has 4 nitrogen and oxygen atoms in total. The first kappa shape index (κ1) is 15.5. The van der Waals surface area contributed by atoms with Crippen molar-refractivity contribution in [3.05, 3.63) is 18.2 Å². The highest BCUT2D eigenvalue weighted by Crippen LogP contribution is 2.33. The molecule has 0 aromatic carbocycles. The third-order valence-electron chi connectivity index (χ3n) is 4.85. The lowest BCUT2D eigenvalue weighted by atomic mass is 9.76. The average molecular weight is 278 g/mol. The van der Waals surface area contributed by atoms with Gasteiger partial charge in [0.25, 0.3) is 0 Å². The van der Waals surface area contributed by atoms with E-state index in [1.807, 2.05) is 6.20 Å². The summed E-state index contributed by atoms with van der Waals surface area (Å²) in [5, 5.41) is 0. The lowest BCUT2D eigenvalue weighted by Crippen LogP contribution is -2.44. The number of hydrogen-bond donors (Lipinski definition) is 2. The van der Waals surface area contributed by atoms with Gasteiger partial charge in [-0.3, -0.25) is 11.3 Å². The Morgan fingerprint density at radius 2 is 2.30 bits per heavy atom. The van der Waals surface area contributed by atoms with Crippen LogP contribution in [0.5, 0.6) is 0 Å². The maximum absolute atomic E-state index is 5.84. The molecule has 2 rings (SSSR count). The number of aromatic nitrogens is 2. The van der Waals surface area contributed by atoms with Gasteiger partial charge in [-0.15, -0.1) is 0 Å². The van der Waals surface area contributed by atoms with Crippen molar-refractivity contribution in [2.75, 3.05) is 0 Å². The standard InChI is InChI=1S/C16H30N4/c1-3-9-20-10-8-18-16(20)12-15(19-17)14-7-5-6-13(4-2)11-14/h8,10,13-15,19H,3-7,9,11-12,17H2,1-2H3. The van der Waals surface area contributed by atoms with Crippen molar-refractivity contribution in [2.24, 2.45) is 17.7 Å². The first-order chi connectivity index (χ1) is 9.78. The van der Waals surface area contributed by atoms with Crippen LogP contribution in [0.2, 0.25) is 0 Å². The summed E-state index contributed by atoms with van der Waals surface area (Å²) in [7, 11) is 0. The van der Waals surface area contributed by atoms with Crippen molar-refractivity contribution in [2.45, 2.75) is 71.4 Å². The van der Waals surface area contributed by atoms with Crippen LogP contribution in [0.1, 0.15) is 58.2 Å². The summed E-state index contributed by atoms with van der Waals surface area (Å²) in [6.07, 6.45) is 12.8. The highest BCUT2D eigenvalue weighted by atomic mass is 15.2. The Morgan fingerprint density at radius 1 is 1.45 bits per heavy atom. The summed E-state index contributed by atoms with van der Waals surface area (Å²) >= 11 is 0. The first-order valence-corrected chi connectivity index (χ1v) is 8.24. The number of rotatable bonds is 7. The fourth-order valence-corrected chi connectivity index (χ4v) is 3.60. The zero-order chi connectivity index (χ0) is 14.4. The quantitative estimate of drug-likeness (QED) is 0.595. The van der Waals surface area contributed by atoms with Crippen molar-refractivity contribution in [3.8, 4) is 0 Å². The van der Waals surface area contributed by atoms with Gasteiger partial charge in [0.1, 0.15) is 5.82 Å². The summed E-state index contributed by atoms with van der Waals surface area (Å²) in [4.78, 5) is 4.52. The maximum Gasteiger partial charge on any atom is 0.110 e. The number of nitrogens with one attached hydrogen (secondary N) is 1. The lowest BCUT2D eigenvalue weighted by Gasteiger charge is -2.34. The number of nitrogens with two attached hydrogens (primary N) is 1. The Balaban J connectivity index is 1.99. The van der Waals surface area contributed by atoms with Gasteiger partial charge in [0.15, 0.2) is 0 Å². The van der Waals surface area contributed by atoms with E-state index < -0.39 is 0 Å². The van der Waals surface area contributed by atoms with E-state index in [2.05, 4.69) is 35.0 Å². The second-order valence-corrected chi connectivity index (χ2v) is 6.22. The molecule has 1 fully saturated rings. The van der Waals surface area contributed by atoms with Crippen molar-refractivity contribution >= 4 is 0 Å². The number of hydrogen-bond acceptors (Lipinski definition) is 3. The molecule has 3 atom stereocenters. The summed E-state index contributed by atoms with van der Waals surface area (Å²) < 4.78 is 2.27. The smallest absolute Gasteiger partial charge is 0.110 e. The molecule has 1 saturated carbocycles. The van der Waals surface area contributed by atoms with Crippen LogP contribution in [-0.2, 0) is 13.0 Å². The zero-order valence-electron chi connectivity index (χ0n) is 13.0. The van der Waals surface area contributed by atoms with Crippen molar-refractivity contribution in [3.63, 3.8) is 0 Å². The summed E-state index contributed by atoms with van der Waals surface area (Å²) in [5.41, 5.74) is 3.07. The van der Waals surface area contributed by atoms with Crippen LogP contribution >= 0.6 is 0 Å². The second-order valence-electron chi connectivity index (χ2n) is 6.22. The predicted octanol–water partition coefficient (Wildman–Crippen LogP) is 2.88. The van der Waals surface area contributed by atoms with E-state index in [1.165, 1.54) is 37.9 Å². The highest BCUT2D eigenvalue weighted by Gasteiger charge is 2.28. The molecule has 0 radical (unpaired) electrons. The number of nitrogens with zero attached hydrogens (tertiary/aromatic N) is 2. The Kier molecular flexibility index (Phi) is 6.05. The first-order valence-electron chi connectivity index (χ1n) is 8.24. The molecule has 3 N–H and O–H groups in total. The van der Waals surface area contributed by atoms with Crippen LogP contribution in [0, 0.1) is 11.8 Å². The minimum atomic E-state index is 0.363. The molecule has 0 spiro atoms. The van der Waals surface area contributed by atoms with Crippen LogP contribution in [0.15, 0.2) is 12.4 Å². The van der Waals surface area contributed by atoms with Gasteiger partial charge in [-0.25, -0.2) is 4.98 Å². The molecule has 4 heteroatoms. The van der Waals surface area contributed by atoms with E-state index >= 15 is 0 Å². The molecule has 1 heterocycles. The third-order valence-corrected chi connectivity index (χ3v) is 4.85. The van der Waals surface area contributed by atoms with Gasteiger partial charge in [-0.1, -0.05) is 33.1 Å². The molecule has 3 unspecified atom stereocenters. The fourth-order valence-electron chi connectivity index (χ4n) is 3.60. The van der Waals surface area contributed by atoms with Crippen LogP contribution in [0.4, 0.5) is 0 Å². The van der Waals surface area contributed by atoms with Crippen molar-refractivity contribution in [1.82, 2.24) is 15.0 Å². The van der Waals surface area contributed by atoms with Gasteiger partial charge in [0.05, 0.1) is 0 Å². The van der Waals surface area contributed by atoms with Crippen LogP contribution in [0.25, 0.3) is 0 Å². The molecule has 114 valence electrons. The normalized spacial score (nSPS) is 24.8. The molecule has 0 amide bonds. The van der Waals surface area contributed by atoms with Crippen LogP contribution < -0.4 is 11.3 Å². The number of hydrazine groups is 1. The average Bonchev–Trinajstić information content (AvgIpc) is 2.92. The topological polar surface area (TPSA) is 55.9 Å². The van der Waals surface area contributed by atoms with Gasteiger partial charge >= 0.3 is 0 Å². The maximum atomic E-state index is 5.84. The Hall–Kier alpha value is -0.870. The Bertz CT molecular complexity index is 388. The molecule has 1 aromatic heterocycles. The largest absolute Gasteiger partial charge is 0.335 e. The SMILES string of the molecule is CCCn1ccnc1CC(NN)C1CCCC(CC)C1. The number of imidazole rings is 1.